The van der Waals surface area contributed by atoms with Crippen molar-refractivity contribution in [1.29, 1.82) is 0 Å². The maximum atomic E-state index is 14.2. The average Bonchev–Trinajstić information content (AvgIpc) is 3.27. The molecule has 0 unspecified atom stereocenters. The van der Waals surface area contributed by atoms with Crippen molar-refractivity contribution >= 4 is 17.5 Å². The van der Waals surface area contributed by atoms with Crippen LogP contribution in [-0.2, 0) is 13.1 Å². The van der Waals surface area contributed by atoms with Gasteiger partial charge in [-0.3, -0.25) is 14.8 Å². The van der Waals surface area contributed by atoms with E-state index in [-0.39, 0.29) is 17.6 Å². The third kappa shape index (κ3) is 4.97. The zero-order valence-corrected chi connectivity index (χ0v) is 18.3. The highest BCUT2D eigenvalue weighted by atomic mass is 35.5. The van der Waals surface area contributed by atoms with Gasteiger partial charge in [0.05, 0.1) is 17.5 Å². The summed E-state index contributed by atoms with van der Waals surface area (Å²) in [7, 11) is 1.81. The number of hydrogen-bond donors (Lipinski definition) is 1. The van der Waals surface area contributed by atoms with Gasteiger partial charge in [0.25, 0.3) is 5.91 Å². The number of halogens is 2. The van der Waals surface area contributed by atoms with Crippen molar-refractivity contribution in [2.75, 3.05) is 20.1 Å². The molecular formula is C24H26ClFN4O. The number of nitrogens with zero attached hydrogens (tertiary/aromatic N) is 3. The molecule has 0 bridgehead atoms. The number of carbonyl (C=O) groups excluding carboxylic acids is 1. The van der Waals surface area contributed by atoms with Gasteiger partial charge in [-0.1, -0.05) is 48.0 Å². The van der Waals surface area contributed by atoms with Crippen LogP contribution >= 0.6 is 11.6 Å². The topological polar surface area (TPSA) is 52.2 Å². The van der Waals surface area contributed by atoms with Crippen LogP contribution in [0.5, 0.6) is 0 Å². The molecule has 2 aromatic carbocycles. The molecule has 1 aromatic heterocycles. The third-order valence-corrected chi connectivity index (χ3v) is 6.22. The quantitative estimate of drug-likeness (QED) is 0.595. The summed E-state index contributed by atoms with van der Waals surface area (Å²) in [5, 5.41) is 7.68. The highest BCUT2D eigenvalue weighted by molar-refractivity contribution is 6.31. The molecule has 0 aliphatic carbocycles. The smallest absolute Gasteiger partial charge is 0.257 e. The molecule has 162 valence electrons. The van der Waals surface area contributed by atoms with Gasteiger partial charge in [0.1, 0.15) is 5.82 Å². The van der Waals surface area contributed by atoms with Crippen molar-refractivity contribution in [3.8, 4) is 0 Å². The first-order valence-electron chi connectivity index (χ1n) is 10.5. The summed E-state index contributed by atoms with van der Waals surface area (Å²) in [6.45, 7) is 2.57. The fraction of sp³-hybridized carbons (Fsp3) is 0.333. The fourth-order valence-electron chi connectivity index (χ4n) is 4.25. The number of amides is 1. The molecule has 0 spiro atoms. The van der Waals surface area contributed by atoms with E-state index in [4.69, 9.17) is 11.6 Å². The summed E-state index contributed by atoms with van der Waals surface area (Å²) in [6.07, 6.45) is 3.53. The summed E-state index contributed by atoms with van der Waals surface area (Å²) < 4.78 is 14.2. The molecule has 1 aliphatic heterocycles. The van der Waals surface area contributed by atoms with Gasteiger partial charge in [-0.05, 0) is 37.1 Å². The molecule has 1 atom stereocenters. The normalized spacial score (nSPS) is 16.9. The molecule has 1 fully saturated rings. The van der Waals surface area contributed by atoms with Gasteiger partial charge >= 0.3 is 0 Å². The molecule has 3 aromatic rings. The first-order valence-corrected chi connectivity index (χ1v) is 10.9. The Bertz CT molecular complexity index is 1020. The van der Waals surface area contributed by atoms with E-state index in [9.17, 15) is 9.18 Å². The minimum atomic E-state index is -0.283. The van der Waals surface area contributed by atoms with E-state index >= 15 is 0 Å². The van der Waals surface area contributed by atoms with E-state index in [0.717, 1.165) is 37.2 Å². The van der Waals surface area contributed by atoms with Crippen LogP contribution in [0.4, 0.5) is 4.39 Å². The van der Waals surface area contributed by atoms with E-state index in [1.165, 1.54) is 6.07 Å². The van der Waals surface area contributed by atoms with E-state index < -0.39 is 0 Å². The number of carbonyl (C=O) groups is 1. The van der Waals surface area contributed by atoms with Crippen molar-refractivity contribution < 1.29 is 9.18 Å². The lowest BCUT2D eigenvalue weighted by atomic mass is 9.92. The van der Waals surface area contributed by atoms with Crippen LogP contribution in [0.1, 0.15) is 45.9 Å². The van der Waals surface area contributed by atoms with Gasteiger partial charge in [-0.15, -0.1) is 0 Å². The van der Waals surface area contributed by atoms with Crippen molar-refractivity contribution in [2.45, 2.75) is 31.8 Å². The van der Waals surface area contributed by atoms with Gasteiger partial charge in [0.15, 0.2) is 0 Å². The molecule has 1 amide bonds. The lowest BCUT2D eigenvalue weighted by molar-refractivity contribution is 0.0782. The number of likely N-dealkylation sites (tertiary alicyclic amines) is 1. The number of H-pyrrole nitrogens is 1. The minimum Gasteiger partial charge on any atom is -0.337 e. The maximum Gasteiger partial charge on any atom is 0.257 e. The van der Waals surface area contributed by atoms with E-state index in [2.05, 4.69) is 15.1 Å². The molecule has 1 N–H and O–H groups in total. The molecule has 31 heavy (non-hydrogen) atoms. The molecule has 0 radical (unpaired) electrons. The van der Waals surface area contributed by atoms with Crippen molar-refractivity contribution in [3.05, 3.63) is 88.0 Å². The van der Waals surface area contributed by atoms with Gasteiger partial charge in [0.2, 0.25) is 0 Å². The number of rotatable bonds is 6. The van der Waals surface area contributed by atoms with Crippen LogP contribution in [0, 0.1) is 5.82 Å². The Kier molecular flexibility index (Phi) is 6.68. The van der Waals surface area contributed by atoms with Crippen LogP contribution in [0.2, 0.25) is 5.02 Å². The van der Waals surface area contributed by atoms with Gasteiger partial charge in [-0.25, -0.2) is 4.39 Å². The number of piperidine rings is 1. The molecule has 4 rings (SSSR count). The molecule has 7 heteroatoms. The van der Waals surface area contributed by atoms with Gasteiger partial charge < -0.3 is 4.90 Å². The number of aromatic amines is 1. The number of aromatic nitrogens is 2. The summed E-state index contributed by atoms with van der Waals surface area (Å²) >= 11 is 6.22. The SMILES string of the molecule is CN(Cc1ccccc1)C(=O)c1cn[nH]c1[C@H]1CCCN(Cc2c(F)cccc2Cl)C1. The Labute approximate surface area is 186 Å². The summed E-state index contributed by atoms with van der Waals surface area (Å²) in [5.41, 5.74) is 3.06. The van der Waals surface area contributed by atoms with E-state index in [1.807, 2.05) is 30.3 Å². The zero-order chi connectivity index (χ0) is 21.8. The number of benzene rings is 2. The summed E-state index contributed by atoms with van der Waals surface area (Å²) in [4.78, 5) is 17.0. The molecule has 5 nitrogen and oxygen atoms in total. The van der Waals surface area contributed by atoms with Crippen molar-refractivity contribution in [1.82, 2.24) is 20.0 Å². The predicted molar refractivity (Wildman–Crippen MR) is 119 cm³/mol. The third-order valence-electron chi connectivity index (χ3n) is 5.87. The van der Waals surface area contributed by atoms with Crippen molar-refractivity contribution in [2.24, 2.45) is 0 Å². The minimum absolute atomic E-state index is 0.0538. The van der Waals surface area contributed by atoms with Crippen LogP contribution in [0.3, 0.4) is 0 Å². The Balaban J connectivity index is 1.46. The monoisotopic (exact) mass is 440 g/mol. The largest absolute Gasteiger partial charge is 0.337 e. The lowest BCUT2D eigenvalue weighted by Gasteiger charge is -2.33. The van der Waals surface area contributed by atoms with Crippen LogP contribution in [-0.4, -0.2) is 46.0 Å². The van der Waals surface area contributed by atoms with E-state index in [0.29, 0.717) is 29.2 Å². The number of hydrogen-bond acceptors (Lipinski definition) is 3. The van der Waals surface area contributed by atoms with Gasteiger partial charge in [-0.2, -0.15) is 5.10 Å². The highest BCUT2D eigenvalue weighted by Crippen LogP contribution is 2.30. The molecule has 2 heterocycles. The first kappa shape index (κ1) is 21.5. The summed E-state index contributed by atoms with van der Waals surface area (Å²) in [5.74, 6) is -0.206. The van der Waals surface area contributed by atoms with Gasteiger partial charge in [0, 0.05) is 43.2 Å². The fourth-order valence-corrected chi connectivity index (χ4v) is 4.48. The van der Waals surface area contributed by atoms with Crippen LogP contribution < -0.4 is 0 Å². The molecule has 1 saturated heterocycles. The second-order valence-electron chi connectivity index (χ2n) is 8.12. The van der Waals surface area contributed by atoms with E-state index in [1.54, 1.807) is 30.3 Å². The Morgan fingerprint density at radius 2 is 2.06 bits per heavy atom. The standard InChI is InChI=1S/C24H26ClFN4O/c1-29(14-17-7-3-2-4-8-17)24(31)19-13-27-28-23(19)18-9-6-12-30(15-18)16-20-21(25)10-5-11-22(20)26/h2-5,7-8,10-11,13,18H,6,9,12,14-16H2,1H3,(H,27,28)/t18-/m0/s1. The maximum absolute atomic E-state index is 14.2. The molecule has 0 saturated carbocycles. The Morgan fingerprint density at radius 3 is 2.84 bits per heavy atom. The molecular weight excluding hydrogens is 415 g/mol. The first-order chi connectivity index (χ1) is 15.0. The predicted octanol–water partition coefficient (Wildman–Crippen LogP) is 4.85. The lowest BCUT2D eigenvalue weighted by Crippen LogP contribution is -2.35. The van der Waals surface area contributed by atoms with Crippen molar-refractivity contribution in [3.63, 3.8) is 0 Å². The zero-order valence-electron chi connectivity index (χ0n) is 17.5. The van der Waals surface area contributed by atoms with Crippen LogP contribution in [0.25, 0.3) is 0 Å². The second-order valence-corrected chi connectivity index (χ2v) is 8.53. The summed E-state index contributed by atoms with van der Waals surface area (Å²) in [6, 6.07) is 14.7. The Morgan fingerprint density at radius 1 is 1.26 bits per heavy atom. The Hall–Kier alpha value is -2.70. The number of nitrogens with one attached hydrogen (secondary N) is 1. The average molecular weight is 441 g/mol. The molecule has 1 aliphatic rings. The van der Waals surface area contributed by atoms with Crippen LogP contribution in [0.15, 0.2) is 54.7 Å². The second kappa shape index (κ2) is 9.62. The highest BCUT2D eigenvalue weighted by Gasteiger charge is 2.28.